The number of aryl methyl sites for hydroxylation is 1. The van der Waals surface area contributed by atoms with Crippen molar-refractivity contribution in [1.29, 1.82) is 0 Å². The highest BCUT2D eigenvalue weighted by atomic mass is 79.9. The lowest BCUT2D eigenvalue weighted by molar-refractivity contribution is -0.145. The molecule has 1 N–H and O–H groups in total. The molecule has 24 heavy (non-hydrogen) atoms. The van der Waals surface area contributed by atoms with E-state index in [1.807, 2.05) is 19.1 Å². The third-order valence-electron chi connectivity index (χ3n) is 5.69. The minimum absolute atomic E-state index is 0.0349. The van der Waals surface area contributed by atoms with Crippen LogP contribution in [-0.4, -0.2) is 22.9 Å². The normalized spacial score (nSPS) is 33.4. The number of hydrogen-bond donors (Lipinski definition) is 1. The molecule has 4 atom stereocenters. The summed E-state index contributed by atoms with van der Waals surface area (Å²) in [7, 11) is 0. The molecule has 0 aromatic heterocycles. The summed E-state index contributed by atoms with van der Waals surface area (Å²) in [5, 5.41) is 9.37. The zero-order chi connectivity index (χ0) is 17.2. The summed E-state index contributed by atoms with van der Waals surface area (Å²) in [6, 6.07) is 5.30. The molecule has 2 aliphatic carbocycles. The number of carbonyl (C=O) groups excluding carboxylic acids is 2. The predicted molar refractivity (Wildman–Crippen MR) is 90.3 cm³/mol. The highest BCUT2D eigenvalue weighted by Gasteiger charge is 2.70. The van der Waals surface area contributed by atoms with Crippen LogP contribution < -0.4 is 4.90 Å². The first-order valence-electron chi connectivity index (χ1n) is 7.91. The van der Waals surface area contributed by atoms with Gasteiger partial charge in [0.25, 0.3) is 0 Å². The first-order chi connectivity index (χ1) is 11.4. The van der Waals surface area contributed by atoms with Gasteiger partial charge in [-0.2, -0.15) is 0 Å². The van der Waals surface area contributed by atoms with Crippen LogP contribution in [-0.2, 0) is 14.4 Å². The molecule has 4 rings (SSSR count). The van der Waals surface area contributed by atoms with E-state index in [1.54, 1.807) is 18.2 Å². The number of carboxylic acids is 1. The fourth-order valence-electron chi connectivity index (χ4n) is 4.69. The molecule has 6 heteroatoms. The second kappa shape index (κ2) is 5.02. The van der Waals surface area contributed by atoms with Crippen LogP contribution in [0.5, 0.6) is 0 Å². The number of halogens is 1. The maximum absolute atomic E-state index is 13.2. The minimum atomic E-state index is -1.12. The molecule has 1 aliphatic heterocycles. The molecule has 2 unspecified atom stereocenters. The van der Waals surface area contributed by atoms with Gasteiger partial charge in [0.15, 0.2) is 0 Å². The fourth-order valence-corrected chi connectivity index (χ4v) is 4.94. The molecule has 1 saturated heterocycles. The van der Waals surface area contributed by atoms with Crippen LogP contribution >= 0.6 is 15.9 Å². The first-order valence-corrected chi connectivity index (χ1v) is 8.70. The molecular weight excluding hydrogens is 374 g/mol. The Morgan fingerprint density at radius 1 is 1.38 bits per heavy atom. The van der Waals surface area contributed by atoms with E-state index < -0.39 is 17.3 Å². The average Bonchev–Trinajstić information content (AvgIpc) is 3.15. The maximum Gasteiger partial charge on any atom is 0.304 e. The Balaban J connectivity index is 1.83. The number of amides is 2. The zero-order valence-electron chi connectivity index (χ0n) is 13.0. The van der Waals surface area contributed by atoms with Crippen molar-refractivity contribution in [3.63, 3.8) is 0 Å². The number of anilines is 1. The number of carbonyl (C=O) groups is 3. The van der Waals surface area contributed by atoms with Gasteiger partial charge in [0.05, 0.1) is 23.4 Å². The largest absolute Gasteiger partial charge is 0.481 e. The molecule has 2 fully saturated rings. The van der Waals surface area contributed by atoms with E-state index in [0.29, 0.717) is 12.1 Å². The van der Waals surface area contributed by atoms with Crippen molar-refractivity contribution in [3.05, 3.63) is 40.4 Å². The van der Waals surface area contributed by atoms with Gasteiger partial charge < -0.3 is 5.11 Å². The number of imide groups is 1. The van der Waals surface area contributed by atoms with Crippen LogP contribution in [0, 0.1) is 30.1 Å². The Morgan fingerprint density at radius 3 is 2.79 bits per heavy atom. The van der Waals surface area contributed by atoms with Crippen molar-refractivity contribution in [2.45, 2.75) is 19.8 Å². The van der Waals surface area contributed by atoms with Gasteiger partial charge in [-0.3, -0.25) is 14.4 Å². The number of rotatable bonds is 3. The second-order valence-corrected chi connectivity index (χ2v) is 7.75. The van der Waals surface area contributed by atoms with E-state index in [0.717, 1.165) is 10.0 Å². The molecule has 1 aromatic rings. The van der Waals surface area contributed by atoms with E-state index in [4.69, 9.17) is 0 Å². The zero-order valence-corrected chi connectivity index (χ0v) is 14.6. The van der Waals surface area contributed by atoms with Crippen LogP contribution in [0.4, 0.5) is 5.69 Å². The number of allylic oxidation sites excluding steroid dienone is 2. The molecule has 0 spiro atoms. The number of benzene rings is 1. The van der Waals surface area contributed by atoms with Crippen molar-refractivity contribution in [3.8, 4) is 0 Å². The summed E-state index contributed by atoms with van der Waals surface area (Å²) in [6.45, 7) is 1.89. The lowest BCUT2D eigenvalue weighted by Crippen LogP contribution is -2.41. The van der Waals surface area contributed by atoms with Crippen molar-refractivity contribution < 1.29 is 19.5 Å². The van der Waals surface area contributed by atoms with Crippen LogP contribution in [0.1, 0.15) is 18.4 Å². The molecule has 5 nitrogen and oxygen atoms in total. The van der Waals surface area contributed by atoms with E-state index >= 15 is 0 Å². The molecule has 124 valence electrons. The van der Waals surface area contributed by atoms with Crippen LogP contribution in [0.15, 0.2) is 34.8 Å². The van der Waals surface area contributed by atoms with Gasteiger partial charge in [0.1, 0.15) is 0 Å². The molecule has 2 bridgehead atoms. The summed E-state index contributed by atoms with van der Waals surface area (Å²) >= 11 is 3.41. The number of nitrogens with zero attached hydrogens (tertiary/aromatic N) is 1. The summed E-state index contributed by atoms with van der Waals surface area (Å²) in [6.07, 6.45) is 4.30. The van der Waals surface area contributed by atoms with Gasteiger partial charge in [0.2, 0.25) is 11.8 Å². The highest BCUT2D eigenvalue weighted by Crippen LogP contribution is 2.62. The molecule has 1 aromatic carbocycles. The number of hydrogen-bond acceptors (Lipinski definition) is 3. The van der Waals surface area contributed by atoms with Gasteiger partial charge in [-0.25, -0.2) is 4.90 Å². The van der Waals surface area contributed by atoms with Gasteiger partial charge in [-0.05, 0) is 48.9 Å². The summed E-state index contributed by atoms with van der Waals surface area (Å²) < 4.78 is 0.896. The van der Waals surface area contributed by atoms with E-state index in [1.165, 1.54) is 4.90 Å². The lowest BCUT2D eigenvalue weighted by atomic mass is 9.68. The first kappa shape index (κ1) is 15.6. The summed E-state index contributed by atoms with van der Waals surface area (Å²) in [4.78, 5) is 38.9. The Labute approximate surface area is 147 Å². The molecule has 1 heterocycles. The maximum atomic E-state index is 13.2. The molecule has 2 amide bonds. The Kier molecular flexibility index (Phi) is 3.26. The second-order valence-electron chi connectivity index (χ2n) is 6.89. The molecule has 3 aliphatic rings. The smallest absolute Gasteiger partial charge is 0.304 e. The topological polar surface area (TPSA) is 74.7 Å². The fraction of sp³-hybridized carbons (Fsp3) is 0.389. The van der Waals surface area contributed by atoms with Crippen molar-refractivity contribution in [1.82, 2.24) is 0 Å². The third kappa shape index (κ3) is 1.83. The van der Waals surface area contributed by atoms with Crippen LogP contribution in [0.3, 0.4) is 0 Å². The lowest BCUT2D eigenvalue weighted by Gasteiger charge is -2.31. The SMILES string of the molecule is Cc1cc(N2C(=O)C3[C@@H]4C=C[C@@H](C4)C3(CC(=O)O)C2=O)ccc1Br. The van der Waals surface area contributed by atoms with Crippen molar-refractivity contribution >= 4 is 39.4 Å². The Bertz CT molecular complexity index is 817. The Morgan fingerprint density at radius 2 is 2.12 bits per heavy atom. The van der Waals surface area contributed by atoms with Crippen LogP contribution in [0.25, 0.3) is 0 Å². The highest BCUT2D eigenvalue weighted by molar-refractivity contribution is 9.10. The number of fused-ring (bicyclic) bond motifs is 5. The van der Waals surface area contributed by atoms with Crippen molar-refractivity contribution in [2.24, 2.45) is 23.2 Å². The molecule has 0 radical (unpaired) electrons. The van der Waals surface area contributed by atoms with Gasteiger partial charge >= 0.3 is 5.97 Å². The number of aliphatic carboxylic acids is 1. The average molecular weight is 390 g/mol. The quantitative estimate of drug-likeness (QED) is 0.636. The summed E-state index contributed by atoms with van der Waals surface area (Å²) in [5.74, 6) is -2.41. The Hall–Kier alpha value is -1.95. The molecular formula is C18H16BrNO4. The summed E-state index contributed by atoms with van der Waals surface area (Å²) in [5.41, 5.74) is 0.311. The predicted octanol–water partition coefficient (Wildman–Crippen LogP) is 2.91. The third-order valence-corrected chi connectivity index (χ3v) is 6.58. The van der Waals surface area contributed by atoms with E-state index in [9.17, 15) is 19.5 Å². The molecule has 1 saturated carbocycles. The van der Waals surface area contributed by atoms with Gasteiger partial charge in [0, 0.05) is 4.47 Å². The van der Waals surface area contributed by atoms with E-state index in [2.05, 4.69) is 15.9 Å². The van der Waals surface area contributed by atoms with Crippen LogP contribution in [0.2, 0.25) is 0 Å². The number of carboxylic acid groups (broad SMARTS) is 1. The van der Waals surface area contributed by atoms with E-state index in [-0.39, 0.29) is 30.1 Å². The minimum Gasteiger partial charge on any atom is -0.481 e. The van der Waals surface area contributed by atoms with Gasteiger partial charge in [-0.1, -0.05) is 28.1 Å². The standard InChI is InChI=1S/C18H16BrNO4/c1-9-6-12(4-5-13(9)19)20-16(23)15-10-2-3-11(7-10)18(15,17(20)24)8-14(21)22/h2-6,10-11,15H,7-8H2,1H3,(H,21,22)/t10-,11+,15?,18?/m1/s1. The van der Waals surface area contributed by atoms with Crippen molar-refractivity contribution in [2.75, 3.05) is 4.90 Å². The van der Waals surface area contributed by atoms with Gasteiger partial charge in [-0.15, -0.1) is 0 Å². The monoisotopic (exact) mass is 389 g/mol.